The van der Waals surface area contributed by atoms with E-state index < -0.39 is 0 Å². The van der Waals surface area contributed by atoms with E-state index in [9.17, 15) is 0 Å². The van der Waals surface area contributed by atoms with E-state index in [1.807, 2.05) is 25.1 Å². The Morgan fingerprint density at radius 1 is 1.22 bits per heavy atom. The standard InChI is InChI=1S/C13H17N3O.ClH/c1-10(14)9-13-15-12(16-17-13)8-7-11-5-3-2-4-6-11;/h2-6,10H,7-9,14H2,1H3;1H. The molecule has 1 unspecified atom stereocenters. The second kappa shape index (κ2) is 7.13. The van der Waals surface area contributed by atoms with Crippen LogP contribution in [0.4, 0.5) is 0 Å². The van der Waals surface area contributed by atoms with Crippen LogP contribution in [0.5, 0.6) is 0 Å². The van der Waals surface area contributed by atoms with Gasteiger partial charge in [0, 0.05) is 18.9 Å². The van der Waals surface area contributed by atoms with Crippen LogP contribution in [0.2, 0.25) is 0 Å². The Hall–Kier alpha value is -1.39. The molecule has 2 aromatic rings. The molecule has 1 atom stereocenters. The molecule has 0 bridgehead atoms. The van der Waals surface area contributed by atoms with Crippen LogP contribution >= 0.6 is 12.4 Å². The molecule has 5 heteroatoms. The number of nitrogens with zero attached hydrogens (tertiary/aromatic N) is 2. The summed E-state index contributed by atoms with van der Waals surface area (Å²) in [6.07, 6.45) is 2.36. The molecule has 98 valence electrons. The monoisotopic (exact) mass is 267 g/mol. The molecule has 0 radical (unpaired) electrons. The van der Waals surface area contributed by atoms with Gasteiger partial charge in [0.1, 0.15) is 0 Å². The highest BCUT2D eigenvalue weighted by molar-refractivity contribution is 5.85. The maximum atomic E-state index is 5.67. The average molecular weight is 268 g/mol. The number of nitrogens with two attached hydrogens (primary N) is 1. The van der Waals surface area contributed by atoms with Crippen molar-refractivity contribution >= 4 is 12.4 Å². The molecule has 0 amide bonds. The van der Waals surface area contributed by atoms with Crippen molar-refractivity contribution in [3.8, 4) is 0 Å². The fraction of sp³-hybridized carbons (Fsp3) is 0.385. The van der Waals surface area contributed by atoms with E-state index in [-0.39, 0.29) is 18.4 Å². The second-order valence-corrected chi connectivity index (χ2v) is 4.27. The van der Waals surface area contributed by atoms with E-state index in [1.165, 1.54) is 5.56 Å². The lowest BCUT2D eigenvalue weighted by Crippen LogP contribution is -2.17. The summed E-state index contributed by atoms with van der Waals surface area (Å²) in [5.41, 5.74) is 6.95. The summed E-state index contributed by atoms with van der Waals surface area (Å²) < 4.78 is 5.12. The van der Waals surface area contributed by atoms with Crippen molar-refractivity contribution in [2.45, 2.75) is 32.2 Å². The van der Waals surface area contributed by atoms with Crippen molar-refractivity contribution in [1.29, 1.82) is 0 Å². The van der Waals surface area contributed by atoms with Crippen LogP contribution in [-0.2, 0) is 19.3 Å². The number of aromatic nitrogens is 2. The normalized spacial score (nSPS) is 11.9. The van der Waals surface area contributed by atoms with Crippen molar-refractivity contribution in [2.75, 3.05) is 0 Å². The summed E-state index contributed by atoms with van der Waals surface area (Å²) >= 11 is 0. The molecule has 2 N–H and O–H groups in total. The lowest BCUT2D eigenvalue weighted by Gasteiger charge is -1.97. The SMILES string of the molecule is CC(N)Cc1nc(CCc2ccccc2)no1.Cl. The number of hydrogen-bond acceptors (Lipinski definition) is 4. The summed E-state index contributed by atoms with van der Waals surface area (Å²) in [4.78, 5) is 4.31. The van der Waals surface area contributed by atoms with Crippen molar-refractivity contribution in [3.05, 3.63) is 47.6 Å². The molecule has 0 aliphatic rings. The van der Waals surface area contributed by atoms with Gasteiger partial charge in [-0.2, -0.15) is 4.98 Å². The Balaban J connectivity index is 0.00000162. The quantitative estimate of drug-likeness (QED) is 0.902. The Morgan fingerprint density at radius 3 is 2.61 bits per heavy atom. The Kier molecular flexibility index (Phi) is 5.82. The van der Waals surface area contributed by atoms with Crippen LogP contribution in [0.3, 0.4) is 0 Å². The lowest BCUT2D eigenvalue weighted by molar-refractivity contribution is 0.366. The maximum Gasteiger partial charge on any atom is 0.228 e. The minimum atomic E-state index is 0. The average Bonchev–Trinajstić information content (AvgIpc) is 2.75. The lowest BCUT2D eigenvalue weighted by atomic mass is 10.1. The fourth-order valence-corrected chi connectivity index (χ4v) is 1.65. The van der Waals surface area contributed by atoms with E-state index >= 15 is 0 Å². The molecule has 0 saturated carbocycles. The molecule has 0 aliphatic heterocycles. The predicted molar refractivity (Wildman–Crippen MR) is 72.7 cm³/mol. The van der Waals surface area contributed by atoms with Crippen molar-refractivity contribution < 1.29 is 4.52 Å². The van der Waals surface area contributed by atoms with E-state index in [4.69, 9.17) is 10.3 Å². The van der Waals surface area contributed by atoms with Crippen LogP contribution in [-0.4, -0.2) is 16.2 Å². The first kappa shape index (κ1) is 14.7. The molecule has 18 heavy (non-hydrogen) atoms. The topological polar surface area (TPSA) is 64.9 Å². The first-order chi connectivity index (χ1) is 8.24. The molecule has 4 nitrogen and oxygen atoms in total. The number of hydrogen-bond donors (Lipinski definition) is 1. The van der Waals surface area contributed by atoms with E-state index in [2.05, 4.69) is 22.3 Å². The zero-order chi connectivity index (χ0) is 12.1. The van der Waals surface area contributed by atoms with Gasteiger partial charge >= 0.3 is 0 Å². The first-order valence-electron chi connectivity index (χ1n) is 5.85. The van der Waals surface area contributed by atoms with Crippen molar-refractivity contribution in [1.82, 2.24) is 10.1 Å². The molecule has 0 saturated heterocycles. The summed E-state index contributed by atoms with van der Waals surface area (Å²) in [5, 5.41) is 3.94. The number of rotatable bonds is 5. The van der Waals surface area contributed by atoms with E-state index in [0.29, 0.717) is 12.3 Å². The Labute approximate surface area is 113 Å². The van der Waals surface area contributed by atoms with Crippen molar-refractivity contribution in [3.63, 3.8) is 0 Å². The van der Waals surface area contributed by atoms with Gasteiger partial charge in [0.05, 0.1) is 0 Å². The third-order valence-corrected chi connectivity index (χ3v) is 2.49. The van der Waals surface area contributed by atoms with Gasteiger partial charge in [0.2, 0.25) is 5.89 Å². The molecular formula is C13H18ClN3O. The fourth-order valence-electron chi connectivity index (χ4n) is 1.65. The third-order valence-electron chi connectivity index (χ3n) is 2.49. The summed E-state index contributed by atoms with van der Waals surface area (Å²) in [6.45, 7) is 1.92. The molecule has 2 rings (SSSR count). The smallest absolute Gasteiger partial charge is 0.228 e. The van der Waals surface area contributed by atoms with Gasteiger partial charge in [-0.05, 0) is 18.9 Å². The Bertz CT molecular complexity index is 456. The minimum absolute atomic E-state index is 0. The molecule has 1 aromatic heterocycles. The highest BCUT2D eigenvalue weighted by Gasteiger charge is 2.08. The largest absolute Gasteiger partial charge is 0.339 e. The molecule has 0 fully saturated rings. The molecular weight excluding hydrogens is 250 g/mol. The van der Waals surface area contributed by atoms with E-state index in [1.54, 1.807) is 0 Å². The molecule has 1 aromatic carbocycles. The van der Waals surface area contributed by atoms with Gasteiger partial charge < -0.3 is 10.3 Å². The number of aryl methyl sites for hydroxylation is 2. The van der Waals surface area contributed by atoms with Crippen molar-refractivity contribution in [2.24, 2.45) is 5.73 Å². The predicted octanol–water partition coefficient (Wildman–Crippen LogP) is 2.17. The highest BCUT2D eigenvalue weighted by atomic mass is 35.5. The zero-order valence-corrected chi connectivity index (χ0v) is 11.2. The van der Waals surface area contributed by atoms with Gasteiger partial charge in [-0.1, -0.05) is 35.5 Å². The highest BCUT2D eigenvalue weighted by Crippen LogP contribution is 2.06. The molecule has 0 aliphatic carbocycles. The zero-order valence-electron chi connectivity index (χ0n) is 10.4. The van der Waals surface area contributed by atoms with Gasteiger partial charge in [0.25, 0.3) is 0 Å². The number of halogens is 1. The van der Waals surface area contributed by atoms with Crippen LogP contribution in [0, 0.1) is 0 Å². The first-order valence-corrected chi connectivity index (χ1v) is 5.85. The summed E-state index contributed by atoms with van der Waals surface area (Å²) in [5.74, 6) is 1.38. The van der Waals surface area contributed by atoms with Crippen LogP contribution in [0.1, 0.15) is 24.2 Å². The van der Waals surface area contributed by atoms with Crippen LogP contribution in [0.25, 0.3) is 0 Å². The number of benzene rings is 1. The van der Waals surface area contributed by atoms with Gasteiger partial charge in [-0.25, -0.2) is 0 Å². The van der Waals surface area contributed by atoms with Crippen LogP contribution in [0.15, 0.2) is 34.9 Å². The minimum Gasteiger partial charge on any atom is -0.339 e. The van der Waals surface area contributed by atoms with Gasteiger partial charge in [0.15, 0.2) is 5.82 Å². The second-order valence-electron chi connectivity index (χ2n) is 4.27. The van der Waals surface area contributed by atoms with Crippen LogP contribution < -0.4 is 5.73 Å². The summed E-state index contributed by atoms with van der Waals surface area (Å²) in [6, 6.07) is 10.3. The molecule has 1 heterocycles. The van der Waals surface area contributed by atoms with Gasteiger partial charge in [-0.15, -0.1) is 12.4 Å². The maximum absolute atomic E-state index is 5.67. The molecule has 0 spiro atoms. The Morgan fingerprint density at radius 2 is 1.94 bits per heavy atom. The van der Waals surface area contributed by atoms with E-state index in [0.717, 1.165) is 18.7 Å². The van der Waals surface area contributed by atoms with Gasteiger partial charge in [-0.3, -0.25) is 0 Å². The third kappa shape index (κ3) is 4.47. The summed E-state index contributed by atoms with van der Waals surface area (Å²) in [7, 11) is 0.